The van der Waals surface area contributed by atoms with Crippen molar-refractivity contribution in [3.05, 3.63) is 39.1 Å². The second-order valence-electron chi connectivity index (χ2n) is 1.95. The van der Waals surface area contributed by atoms with E-state index in [9.17, 15) is 8.78 Å². The number of halogens is 4. The fourth-order valence-electron chi connectivity index (χ4n) is 0.623. The predicted molar refractivity (Wildman–Crippen MR) is 46.2 cm³/mol. The molecule has 0 saturated carbocycles. The van der Waals surface area contributed by atoms with Crippen LogP contribution in [0.15, 0.2) is 15.0 Å². The van der Waals surface area contributed by atoms with Crippen LogP contribution in [0.1, 0.15) is 5.56 Å². The number of hydrogen-bond donors (Lipinski definition) is 0. The Morgan fingerprint density at radius 1 is 1.09 bits per heavy atom. The third-order valence-corrected chi connectivity index (χ3v) is 2.92. The van der Waals surface area contributed by atoms with Crippen molar-refractivity contribution in [2.45, 2.75) is 0 Å². The second kappa shape index (κ2) is 3.19. The first kappa shape index (κ1) is 9.13. The van der Waals surface area contributed by atoms with Crippen LogP contribution < -0.4 is 0 Å². The van der Waals surface area contributed by atoms with E-state index in [0.29, 0.717) is 0 Å². The zero-order valence-corrected chi connectivity index (χ0v) is 8.47. The van der Waals surface area contributed by atoms with E-state index < -0.39 is 11.6 Å². The maximum atomic E-state index is 12.7. The zero-order valence-electron chi connectivity index (χ0n) is 5.30. The third kappa shape index (κ3) is 1.62. The second-order valence-corrected chi connectivity index (χ2v) is 3.53. The van der Waals surface area contributed by atoms with Gasteiger partial charge in [0.1, 0.15) is 11.6 Å². The van der Waals surface area contributed by atoms with E-state index in [1.165, 1.54) is 0 Å². The van der Waals surface area contributed by atoms with Gasteiger partial charge in [0, 0.05) is 6.07 Å². The molecule has 0 unspecified atom stereocenters. The molecule has 59 valence electrons. The molecule has 0 aliphatic heterocycles. The topological polar surface area (TPSA) is 0 Å². The molecular formula is C7H3Br2F2. The number of hydrogen-bond acceptors (Lipinski definition) is 0. The lowest BCUT2D eigenvalue weighted by Gasteiger charge is -2.02. The lowest BCUT2D eigenvalue weighted by Crippen LogP contribution is -1.88. The first-order valence-corrected chi connectivity index (χ1v) is 4.27. The molecule has 0 aromatic heterocycles. The molecule has 1 rings (SSSR count). The van der Waals surface area contributed by atoms with Gasteiger partial charge in [-0.2, -0.15) is 0 Å². The average molecular weight is 285 g/mol. The molecule has 0 heterocycles. The Hall–Kier alpha value is 0.0400. The smallest absolute Gasteiger partial charge is 0.140 e. The first-order chi connectivity index (χ1) is 5.04. The Morgan fingerprint density at radius 3 is 1.82 bits per heavy atom. The van der Waals surface area contributed by atoms with Gasteiger partial charge in [0.25, 0.3) is 0 Å². The molecule has 0 aliphatic carbocycles. The van der Waals surface area contributed by atoms with Gasteiger partial charge in [-0.3, -0.25) is 0 Å². The molecule has 0 atom stereocenters. The summed E-state index contributed by atoms with van der Waals surface area (Å²) >= 11 is 5.86. The molecule has 1 aromatic rings. The van der Waals surface area contributed by atoms with Crippen molar-refractivity contribution < 1.29 is 8.78 Å². The lowest BCUT2D eigenvalue weighted by molar-refractivity contribution is 0.573. The summed E-state index contributed by atoms with van der Waals surface area (Å²) in [6.07, 6.45) is 0. The van der Waals surface area contributed by atoms with Gasteiger partial charge in [-0.1, -0.05) is 0 Å². The average Bonchev–Trinajstić information content (AvgIpc) is 1.97. The van der Waals surface area contributed by atoms with Crippen LogP contribution in [0.3, 0.4) is 0 Å². The molecule has 1 aromatic carbocycles. The summed E-state index contributed by atoms with van der Waals surface area (Å²) in [5, 5.41) is 0. The van der Waals surface area contributed by atoms with Gasteiger partial charge in [-0.15, -0.1) is 0 Å². The molecular weight excluding hydrogens is 282 g/mol. The van der Waals surface area contributed by atoms with Crippen molar-refractivity contribution >= 4 is 31.9 Å². The van der Waals surface area contributed by atoms with Gasteiger partial charge >= 0.3 is 0 Å². The van der Waals surface area contributed by atoms with E-state index in [-0.39, 0.29) is 14.5 Å². The van der Waals surface area contributed by atoms with Gasteiger partial charge in [-0.25, -0.2) is 8.78 Å². The third-order valence-electron chi connectivity index (χ3n) is 1.20. The molecule has 11 heavy (non-hydrogen) atoms. The van der Waals surface area contributed by atoms with E-state index in [1.807, 2.05) is 0 Å². The molecule has 0 aliphatic rings. The van der Waals surface area contributed by atoms with Gasteiger partial charge in [0.15, 0.2) is 0 Å². The van der Waals surface area contributed by atoms with Gasteiger partial charge < -0.3 is 0 Å². The minimum absolute atomic E-state index is 0.186. The summed E-state index contributed by atoms with van der Waals surface area (Å²) in [6.45, 7) is 3.47. The van der Waals surface area contributed by atoms with Gasteiger partial charge in [-0.05, 0) is 44.3 Å². The maximum Gasteiger partial charge on any atom is 0.140 e. The number of benzene rings is 1. The highest BCUT2D eigenvalue weighted by Crippen LogP contribution is 2.29. The fraction of sp³-hybridized carbons (Fsp3) is 0. The Balaban J connectivity index is 3.46. The zero-order chi connectivity index (χ0) is 8.59. The van der Waals surface area contributed by atoms with E-state index >= 15 is 0 Å². The van der Waals surface area contributed by atoms with Crippen molar-refractivity contribution in [1.82, 2.24) is 0 Å². The maximum absolute atomic E-state index is 12.7. The summed E-state index contributed by atoms with van der Waals surface area (Å²) in [7, 11) is 0. The number of rotatable bonds is 0. The SMILES string of the molecule is [CH2]c1c(Br)c(F)cc(F)c1Br. The Bertz CT molecular complexity index is 271. The Labute approximate surface area is 79.9 Å². The first-order valence-electron chi connectivity index (χ1n) is 2.69. The van der Waals surface area contributed by atoms with Crippen molar-refractivity contribution in [3.63, 3.8) is 0 Å². The molecule has 0 spiro atoms. The molecule has 0 N–H and O–H groups in total. The van der Waals surface area contributed by atoms with Crippen molar-refractivity contribution in [2.24, 2.45) is 0 Å². The molecule has 0 fully saturated rings. The predicted octanol–water partition coefficient (Wildman–Crippen LogP) is 3.67. The monoisotopic (exact) mass is 283 g/mol. The lowest BCUT2D eigenvalue weighted by atomic mass is 10.2. The fourth-order valence-corrected chi connectivity index (χ4v) is 1.51. The van der Waals surface area contributed by atoms with Crippen molar-refractivity contribution in [1.29, 1.82) is 0 Å². The Kier molecular flexibility index (Phi) is 2.65. The standard InChI is InChI=1S/C7H3Br2F2/c1-3-6(8)4(10)2-5(11)7(3)9/h2H,1H2. The van der Waals surface area contributed by atoms with E-state index in [4.69, 9.17) is 0 Å². The van der Waals surface area contributed by atoms with Crippen LogP contribution in [0.4, 0.5) is 8.78 Å². The van der Waals surface area contributed by atoms with Crippen LogP contribution in [0, 0.1) is 18.6 Å². The van der Waals surface area contributed by atoms with E-state index in [2.05, 4.69) is 38.8 Å². The van der Waals surface area contributed by atoms with Crippen LogP contribution >= 0.6 is 31.9 Å². The molecule has 4 heteroatoms. The van der Waals surface area contributed by atoms with E-state index in [0.717, 1.165) is 6.07 Å². The van der Waals surface area contributed by atoms with Gasteiger partial charge in [0.2, 0.25) is 0 Å². The summed E-state index contributed by atoms with van der Waals surface area (Å²) in [6, 6.07) is 0.794. The summed E-state index contributed by atoms with van der Waals surface area (Å²) in [5.74, 6) is -1.29. The van der Waals surface area contributed by atoms with E-state index in [1.54, 1.807) is 0 Å². The molecule has 0 bridgehead atoms. The highest BCUT2D eigenvalue weighted by atomic mass is 79.9. The minimum Gasteiger partial charge on any atom is -0.206 e. The molecule has 0 nitrogen and oxygen atoms in total. The Morgan fingerprint density at radius 2 is 1.45 bits per heavy atom. The van der Waals surface area contributed by atoms with Crippen LogP contribution in [-0.2, 0) is 0 Å². The van der Waals surface area contributed by atoms with Crippen LogP contribution in [0.2, 0.25) is 0 Å². The van der Waals surface area contributed by atoms with Crippen LogP contribution in [0.25, 0.3) is 0 Å². The highest BCUT2D eigenvalue weighted by Gasteiger charge is 2.10. The van der Waals surface area contributed by atoms with Gasteiger partial charge in [0.05, 0.1) is 8.95 Å². The molecule has 0 saturated heterocycles. The van der Waals surface area contributed by atoms with Crippen LogP contribution in [0.5, 0.6) is 0 Å². The minimum atomic E-state index is -0.643. The van der Waals surface area contributed by atoms with Crippen molar-refractivity contribution in [3.8, 4) is 0 Å². The quantitative estimate of drug-likeness (QED) is 0.638. The summed E-state index contributed by atoms with van der Waals surface area (Å²) < 4.78 is 25.7. The summed E-state index contributed by atoms with van der Waals surface area (Å²) in [4.78, 5) is 0. The highest BCUT2D eigenvalue weighted by molar-refractivity contribution is 9.11. The van der Waals surface area contributed by atoms with Crippen LogP contribution in [-0.4, -0.2) is 0 Å². The molecule has 1 radical (unpaired) electrons. The largest absolute Gasteiger partial charge is 0.206 e. The molecule has 0 amide bonds. The normalized spacial score (nSPS) is 10.3. The summed E-state index contributed by atoms with van der Waals surface area (Å²) in [5.41, 5.74) is 0.280. The van der Waals surface area contributed by atoms with Crippen molar-refractivity contribution in [2.75, 3.05) is 0 Å².